The van der Waals surface area contributed by atoms with Gasteiger partial charge in [0, 0.05) is 11.6 Å². The van der Waals surface area contributed by atoms with Gasteiger partial charge in [-0.2, -0.15) is 0 Å². The molecule has 3 aromatic rings. The first-order valence-electron chi connectivity index (χ1n) is 11.0. The third-order valence-corrected chi connectivity index (χ3v) is 7.23. The summed E-state index contributed by atoms with van der Waals surface area (Å²) in [6.45, 7) is 1.61. The van der Waals surface area contributed by atoms with E-state index in [-0.39, 0.29) is 20.8 Å². The van der Waals surface area contributed by atoms with Crippen molar-refractivity contribution in [3.63, 3.8) is 0 Å². The molecule has 0 bridgehead atoms. The van der Waals surface area contributed by atoms with Crippen molar-refractivity contribution in [2.45, 2.75) is 13.0 Å². The number of thiazole rings is 1. The Morgan fingerprint density at radius 1 is 1.13 bits per heavy atom. The Morgan fingerprint density at radius 2 is 1.84 bits per heavy atom. The van der Waals surface area contributed by atoms with E-state index >= 15 is 0 Å². The molecule has 1 aliphatic heterocycles. The summed E-state index contributed by atoms with van der Waals surface area (Å²) in [6, 6.07) is 6.47. The van der Waals surface area contributed by atoms with Crippen molar-refractivity contribution in [1.82, 2.24) is 4.57 Å². The third-order valence-electron chi connectivity index (χ3n) is 5.93. The van der Waals surface area contributed by atoms with Crippen LogP contribution in [0.5, 0.6) is 17.2 Å². The molecule has 0 radical (unpaired) electrons. The number of hydrogen-bond acceptors (Lipinski definition) is 10. The van der Waals surface area contributed by atoms with Crippen molar-refractivity contribution in [2.24, 2.45) is 4.99 Å². The molecular formula is C25H22ClN3O8S. The van der Waals surface area contributed by atoms with Crippen LogP contribution in [0.15, 0.2) is 51.4 Å². The number of rotatable bonds is 7. The molecule has 2 heterocycles. The highest BCUT2D eigenvalue weighted by molar-refractivity contribution is 7.07. The van der Waals surface area contributed by atoms with Gasteiger partial charge in [0.05, 0.1) is 55.2 Å². The summed E-state index contributed by atoms with van der Waals surface area (Å²) in [5, 5.41) is 11.5. The molecule has 0 amide bonds. The van der Waals surface area contributed by atoms with Gasteiger partial charge in [0.2, 0.25) is 5.75 Å². The largest absolute Gasteiger partial charge is 0.493 e. The van der Waals surface area contributed by atoms with E-state index in [0.717, 1.165) is 11.3 Å². The molecule has 0 saturated carbocycles. The monoisotopic (exact) mass is 559 g/mol. The maximum Gasteiger partial charge on any atom is 0.338 e. The number of ether oxygens (including phenoxy) is 4. The normalized spacial score (nSPS) is 15.0. The van der Waals surface area contributed by atoms with E-state index in [1.165, 1.54) is 51.2 Å². The molecule has 1 unspecified atom stereocenters. The number of nitro groups is 1. The van der Waals surface area contributed by atoms with Gasteiger partial charge in [0.25, 0.3) is 11.2 Å². The fourth-order valence-electron chi connectivity index (χ4n) is 4.23. The van der Waals surface area contributed by atoms with E-state index in [1.807, 2.05) is 0 Å². The van der Waals surface area contributed by atoms with Crippen LogP contribution in [0.3, 0.4) is 0 Å². The van der Waals surface area contributed by atoms with Crippen LogP contribution in [0.2, 0.25) is 5.02 Å². The first-order valence-corrected chi connectivity index (χ1v) is 12.2. The molecule has 2 aromatic carbocycles. The van der Waals surface area contributed by atoms with Crippen LogP contribution in [0.1, 0.15) is 24.1 Å². The minimum absolute atomic E-state index is 0.0757. The lowest BCUT2D eigenvalue weighted by Gasteiger charge is -2.24. The average Bonchev–Trinajstić information content (AvgIpc) is 3.21. The van der Waals surface area contributed by atoms with Crippen molar-refractivity contribution >= 4 is 40.7 Å². The summed E-state index contributed by atoms with van der Waals surface area (Å²) in [7, 11) is 5.64. The molecule has 1 aromatic heterocycles. The number of esters is 1. The number of methoxy groups -OCH3 is 4. The Hall–Kier alpha value is -4.16. The van der Waals surface area contributed by atoms with Gasteiger partial charge in [-0.15, -0.1) is 0 Å². The molecule has 38 heavy (non-hydrogen) atoms. The van der Waals surface area contributed by atoms with E-state index in [1.54, 1.807) is 25.1 Å². The van der Waals surface area contributed by atoms with Gasteiger partial charge in [0.1, 0.15) is 5.02 Å². The standard InChI is InChI=1S/C25H22ClN3O8S/c1-12-19(24(31)37-5)20(13-6-8-15(26)16(10-13)29(32)33)28-23(30)18(38-25(28)27-12)11-14-7-9-17(34-2)22(36-4)21(14)35-3/h6-11,20H,1-5H3. The van der Waals surface area contributed by atoms with E-state index in [9.17, 15) is 19.7 Å². The van der Waals surface area contributed by atoms with E-state index in [2.05, 4.69) is 4.99 Å². The minimum atomic E-state index is -1.04. The van der Waals surface area contributed by atoms with Gasteiger partial charge in [-0.05, 0) is 36.8 Å². The van der Waals surface area contributed by atoms with Crippen molar-refractivity contribution in [3.05, 3.63) is 87.6 Å². The first-order chi connectivity index (χ1) is 18.2. The number of halogens is 1. The SMILES string of the molecule is COC(=O)C1=C(C)N=c2sc(=Cc3ccc(OC)c(OC)c3OC)c(=O)n2C1c1ccc(Cl)c([N+](=O)[O-])c1. The third kappa shape index (κ3) is 4.52. The van der Waals surface area contributed by atoms with Crippen LogP contribution in [0.4, 0.5) is 5.69 Å². The zero-order valence-electron chi connectivity index (χ0n) is 20.9. The average molecular weight is 560 g/mol. The Labute approximate surface area is 225 Å². The Morgan fingerprint density at radius 3 is 2.45 bits per heavy atom. The van der Waals surface area contributed by atoms with Crippen molar-refractivity contribution in [2.75, 3.05) is 28.4 Å². The number of aromatic nitrogens is 1. The summed E-state index contributed by atoms with van der Waals surface area (Å²) < 4.78 is 22.9. The molecule has 4 rings (SSSR count). The molecular weight excluding hydrogens is 538 g/mol. The summed E-state index contributed by atoms with van der Waals surface area (Å²) in [5.41, 5.74) is 0.398. The van der Waals surface area contributed by atoms with Gasteiger partial charge < -0.3 is 18.9 Å². The smallest absolute Gasteiger partial charge is 0.338 e. The maximum absolute atomic E-state index is 13.8. The number of carbonyl (C=O) groups is 1. The molecule has 0 spiro atoms. The summed E-state index contributed by atoms with van der Waals surface area (Å²) in [5.74, 6) is 0.441. The van der Waals surface area contributed by atoms with Crippen LogP contribution in [-0.4, -0.2) is 43.9 Å². The van der Waals surface area contributed by atoms with Gasteiger partial charge in [-0.1, -0.05) is 29.0 Å². The van der Waals surface area contributed by atoms with Crippen molar-refractivity contribution < 1.29 is 28.7 Å². The number of benzene rings is 2. The van der Waals surface area contributed by atoms with Crippen LogP contribution >= 0.6 is 22.9 Å². The Balaban J connectivity index is 2.01. The Bertz CT molecular complexity index is 1670. The van der Waals surface area contributed by atoms with Crippen LogP contribution in [-0.2, 0) is 9.53 Å². The summed E-state index contributed by atoms with van der Waals surface area (Å²) >= 11 is 7.11. The van der Waals surface area contributed by atoms with E-state index in [4.69, 9.17) is 30.5 Å². The van der Waals surface area contributed by atoms with Crippen molar-refractivity contribution in [3.8, 4) is 17.2 Å². The quantitative estimate of drug-likeness (QED) is 0.245. The zero-order chi connectivity index (χ0) is 27.7. The predicted octanol–water partition coefficient (Wildman–Crippen LogP) is 3.00. The van der Waals surface area contributed by atoms with Crippen LogP contribution < -0.4 is 29.1 Å². The number of nitro benzene ring substituents is 1. The van der Waals surface area contributed by atoms with Crippen LogP contribution in [0.25, 0.3) is 6.08 Å². The molecule has 0 N–H and O–H groups in total. The minimum Gasteiger partial charge on any atom is -0.493 e. The number of hydrogen-bond donors (Lipinski definition) is 0. The fourth-order valence-corrected chi connectivity index (χ4v) is 5.45. The number of carbonyl (C=O) groups excluding carboxylic acids is 1. The van der Waals surface area contributed by atoms with Crippen LogP contribution in [0, 0.1) is 10.1 Å². The molecule has 0 saturated heterocycles. The predicted molar refractivity (Wildman–Crippen MR) is 140 cm³/mol. The number of nitrogens with zero attached hydrogens (tertiary/aromatic N) is 3. The lowest BCUT2D eigenvalue weighted by molar-refractivity contribution is -0.384. The lowest BCUT2D eigenvalue weighted by atomic mass is 9.95. The molecule has 0 aliphatic carbocycles. The molecule has 1 aliphatic rings. The molecule has 11 nitrogen and oxygen atoms in total. The second kappa shape index (κ2) is 10.7. The Kier molecular flexibility index (Phi) is 7.56. The first kappa shape index (κ1) is 26.9. The molecule has 0 fully saturated rings. The van der Waals surface area contributed by atoms with Gasteiger partial charge in [-0.25, -0.2) is 9.79 Å². The highest BCUT2D eigenvalue weighted by Gasteiger charge is 2.34. The molecule has 1 atom stereocenters. The number of fused-ring (bicyclic) bond motifs is 1. The van der Waals surface area contributed by atoms with Crippen molar-refractivity contribution in [1.29, 1.82) is 0 Å². The second-order valence-corrected chi connectivity index (χ2v) is 9.38. The maximum atomic E-state index is 13.8. The highest BCUT2D eigenvalue weighted by Crippen LogP contribution is 2.40. The summed E-state index contributed by atoms with van der Waals surface area (Å²) in [4.78, 5) is 42.3. The fraction of sp³-hybridized carbons (Fsp3) is 0.240. The summed E-state index contributed by atoms with van der Waals surface area (Å²) in [6.07, 6.45) is 1.61. The highest BCUT2D eigenvalue weighted by atomic mass is 35.5. The molecule has 198 valence electrons. The zero-order valence-corrected chi connectivity index (χ0v) is 22.5. The van der Waals surface area contributed by atoms with E-state index < -0.39 is 22.5 Å². The van der Waals surface area contributed by atoms with Gasteiger partial charge in [0.15, 0.2) is 16.3 Å². The van der Waals surface area contributed by atoms with Gasteiger partial charge >= 0.3 is 5.97 Å². The second-order valence-electron chi connectivity index (χ2n) is 7.96. The topological polar surface area (TPSA) is 131 Å². The molecule has 13 heteroatoms. The van der Waals surface area contributed by atoms with Gasteiger partial charge in [-0.3, -0.25) is 19.5 Å². The number of allylic oxidation sites excluding steroid dienone is 1. The lowest BCUT2D eigenvalue weighted by Crippen LogP contribution is -2.39. The van der Waals surface area contributed by atoms with E-state index in [0.29, 0.717) is 38.9 Å².